The van der Waals surface area contributed by atoms with E-state index in [9.17, 15) is 10.1 Å². The van der Waals surface area contributed by atoms with E-state index < -0.39 is 0 Å². The topological polar surface area (TPSA) is 85.2 Å². The summed E-state index contributed by atoms with van der Waals surface area (Å²) in [4.78, 5) is 26.5. The van der Waals surface area contributed by atoms with Gasteiger partial charge in [-0.15, -0.1) is 0 Å². The van der Waals surface area contributed by atoms with Crippen molar-refractivity contribution < 1.29 is 4.79 Å². The van der Waals surface area contributed by atoms with E-state index in [4.69, 9.17) is 0 Å². The molecule has 0 unspecified atom stereocenters. The van der Waals surface area contributed by atoms with Crippen LogP contribution in [0.3, 0.4) is 0 Å². The standard InChI is InChI=1S/C22H26N6O/c1-2-3-9-18-22(29)28(14-17-8-6-7-16(12-17)13-23)19-20(26-18)24-15-25-21(19)27-10-4-5-11-27/h6-8,12,15,18H,2-5,9-11,14H2,1H3,(H,24,25,26)/t18-/m0/s1. The molecule has 0 radical (unpaired) electrons. The van der Waals surface area contributed by atoms with Crippen molar-refractivity contribution in [3.8, 4) is 6.07 Å². The van der Waals surface area contributed by atoms with Crippen molar-refractivity contribution in [2.45, 2.75) is 51.6 Å². The Labute approximate surface area is 171 Å². The summed E-state index contributed by atoms with van der Waals surface area (Å²) < 4.78 is 0. The Morgan fingerprint density at radius 2 is 2.10 bits per heavy atom. The van der Waals surface area contributed by atoms with Crippen molar-refractivity contribution in [1.82, 2.24) is 9.97 Å². The van der Waals surface area contributed by atoms with Crippen molar-refractivity contribution >= 4 is 23.2 Å². The fraction of sp³-hybridized carbons (Fsp3) is 0.455. The molecule has 4 rings (SSSR count). The number of nitrogens with one attached hydrogen (secondary N) is 1. The van der Waals surface area contributed by atoms with Gasteiger partial charge in [0.05, 0.1) is 18.2 Å². The minimum atomic E-state index is -0.289. The van der Waals surface area contributed by atoms with Gasteiger partial charge in [-0.3, -0.25) is 9.69 Å². The van der Waals surface area contributed by atoms with Gasteiger partial charge in [-0.1, -0.05) is 31.9 Å². The molecule has 0 bridgehead atoms. The number of anilines is 3. The monoisotopic (exact) mass is 390 g/mol. The van der Waals surface area contributed by atoms with Crippen LogP contribution in [0, 0.1) is 11.3 Å². The number of aromatic nitrogens is 2. The SMILES string of the molecule is CCCC[C@@H]1Nc2ncnc(N3CCCC3)c2N(Cc2cccc(C#N)c2)C1=O. The Bertz CT molecular complexity index is 931. The first-order valence-electron chi connectivity index (χ1n) is 10.4. The van der Waals surface area contributed by atoms with E-state index in [0.717, 1.165) is 68.1 Å². The highest BCUT2D eigenvalue weighted by molar-refractivity contribution is 6.06. The highest BCUT2D eigenvalue weighted by Gasteiger charge is 2.36. The lowest BCUT2D eigenvalue weighted by Crippen LogP contribution is -2.48. The third-order valence-corrected chi connectivity index (χ3v) is 5.60. The van der Waals surface area contributed by atoms with Crippen LogP contribution in [0.4, 0.5) is 17.3 Å². The Balaban J connectivity index is 1.74. The molecule has 2 aliphatic heterocycles. The van der Waals surface area contributed by atoms with Gasteiger partial charge in [-0.25, -0.2) is 9.97 Å². The maximum atomic E-state index is 13.4. The van der Waals surface area contributed by atoms with Crippen LogP contribution in [0.1, 0.15) is 50.2 Å². The molecule has 1 atom stereocenters. The fourth-order valence-corrected chi connectivity index (χ4v) is 4.09. The number of hydrogen-bond donors (Lipinski definition) is 1. The molecule has 1 amide bonds. The second kappa shape index (κ2) is 8.48. The van der Waals surface area contributed by atoms with Crippen LogP contribution >= 0.6 is 0 Å². The summed E-state index contributed by atoms with van der Waals surface area (Å²) in [7, 11) is 0. The Morgan fingerprint density at radius 1 is 1.28 bits per heavy atom. The van der Waals surface area contributed by atoms with E-state index in [1.807, 2.05) is 23.1 Å². The number of nitriles is 1. The largest absolute Gasteiger partial charge is 0.356 e. The molecule has 3 heterocycles. The third kappa shape index (κ3) is 3.88. The molecule has 2 aromatic rings. The number of amides is 1. The van der Waals surface area contributed by atoms with Gasteiger partial charge in [0.15, 0.2) is 11.6 Å². The second-order valence-electron chi connectivity index (χ2n) is 7.66. The zero-order valence-corrected chi connectivity index (χ0v) is 16.8. The van der Waals surface area contributed by atoms with Crippen molar-refractivity contribution in [2.75, 3.05) is 28.2 Å². The molecule has 2 aliphatic rings. The molecular formula is C22H26N6O. The lowest BCUT2D eigenvalue weighted by molar-refractivity contribution is -0.119. The van der Waals surface area contributed by atoms with Gasteiger partial charge in [-0.05, 0) is 37.0 Å². The lowest BCUT2D eigenvalue weighted by atomic mass is 10.0. The first-order valence-corrected chi connectivity index (χ1v) is 10.4. The summed E-state index contributed by atoms with van der Waals surface area (Å²) in [6, 6.07) is 9.32. The van der Waals surface area contributed by atoms with Crippen LogP contribution < -0.4 is 15.1 Å². The molecule has 1 aromatic heterocycles. The maximum Gasteiger partial charge on any atom is 0.250 e. The van der Waals surface area contributed by atoms with Crippen LogP contribution in [0.15, 0.2) is 30.6 Å². The van der Waals surface area contributed by atoms with Gasteiger partial charge >= 0.3 is 0 Å². The minimum Gasteiger partial charge on any atom is -0.356 e. The Hall–Kier alpha value is -3.14. The molecule has 7 nitrogen and oxygen atoms in total. The third-order valence-electron chi connectivity index (χ3n) is 5.60. The molecule has 7 heteroatoms. The zero-order chi connectivity index (χ0) is 20.2. The average molecular weight is 390 g/mol. The number of rotatable bonds is 6. The first kappa shape index (κ1) is 19.2. The second-order valence-corrected chi connectivity index (χ2v) is 7.66. The summed E-state index contributed by atoms with van der Waals surface area (Å²) in [5.41, 5.74) is 2.28. The van der Waals surface area contributed by atoms with E-state index in [0.29, 0.717) is 12.1 Å². The smallest absolute Gasteiger partial charge is 0.250 e. The number of nitrogens with zero attached hydrogens (tertiary/aromatic N) is 5. The van der Waals surface area contributed by atoms with E-state index in [-0.39, 0.29) is 11.9 Å². The number of carbonyl (C=O) groups excluding carboxylic acids is 1. The molecule has 150 valence electrons. The van der Waals surface area contributed by atoms with E-state index >= 15 is 0 Å². The first-order chi connectivity index (χ1) is 14.2. The van der Waals surface area contributed by atoms with Crippen molar-refractivity contribution in [3.63, 3.8) is 0 Å². The highest BCUT2D eigenvalue weighted by Crippen LogP contribution is 2.39. The predicted octanol–water partition coefficient (Wildman–Crippen LogP) is 3.47. The molecule has 0 spiro atoms. The zero-order valence-electron chi connectivity index (χ0n) is 16.8. The molecule has 29 heavy (non-hydrogen) atoms. The van der Waals surface area contributed by atoms with Crippen LogP contribution in [0.2, 0.25) is 0 Å². The van der Waals surface area contributed by atoms with Gasteiger partial charge in [0, 0.05) is 13.1 Å². The molecule has 0 saturated carbocycles. The summed E-state index contributed by atoms with van der Waals surface area (Å²) in [5.74, 6) is 1.58. The summed E-state index contributed by atoms with van der Waals surface area (Å²) >= 11 is 0. The fourth-order valence-electron chi connectivity index (χ4n) is 4.09. The Morgan fingerprint density at radius 3 is 2.86 bits per heavy atom. The number of carbonyl (C=O) groups is 1. The van der Waals surface area contributed by atoms with Crippen LogP contribution in [-0.4, -0.2) is 35.0 Å². The van der Waals surface area contributed by atoms with Crippen molar-refractivity contribution in [1.29, 1.82) is 5.26 Å². The van der Waals surface area contributed by atoms with Crippen LogP contribution in [0.5, 0.6) is 0 Å². The van der Waals surface area contributed by atoms with Crippen molar-refractivity contribution in [3.05, 3.63) is 41.7 Å². The number of benzene rings is 1. The Kier molecular flexibility index (Phi) is 5.61. The van der Waals surface area contributed by atoms with Crippen molar-refractivity contribution in [2.24, 2.45) is 0 Å². The van der Waals surface area contributed by atoms with Gasteiger partial charge < -0.3 is 10.2 Å². The van der Waals surface area contributed by atoms with E-state index in [1.54, 1.807) is 12.4 Å². The van der Waals surface area contributed by atoms with Gasteiger partial charge in [0.2, 0.25) is 5.91 Å². The van der Waals surface area contributed by atoms with E-state index in [1.165, 1.54) is 0 Å². The van der Waals surface area contributed by atoms with Crippen LogP contribution in [0.25, 0.3) is 0 Å². The van der Waals surface area contributed by atoms with Crippen LogP contribution in [-0.2, 0) is 11.3 Å². The van der Waals surface area contributed by atoms with Gasteiger partial charge in [-0.2, -0.15) is 5.26 Å². The predicted molar refractivity (Wildman–Crippen MR) is 113 cm³/mol. The molecule has 1 fully saturated rings. The van der Waals surface area contributed by atoms with Gasteiger partial charge in [0.25, 0.3) is 0 Å². The average Bonchev–Trinajstić information content (AvgIpc) is 3.29. The van der Waals surface area contributed by atoms with Gasteiger partial charge in [0.1, 0.15) is 18.1 Å². The minimum absolute atomic E-state index is 0.0450. The number of unbranched alkanes of at least 4 members (excludes halogenated alkanes) is 1. The quantitative estimate of drug-likeness (QED) is 0.813. The highest BCUT2D eigenvalue weighted by atomic mass is 16.2. The number of fused-ring (bicyclic) bond motifs is 1. The normalized spacial score (nSPS) is 18.3. The van der Waals surface area contributed by atoms with E-state index in [2.05, 4.69) is 33.2 Å². The molecule has 1 saturated heterocycles. The molecule has 1 N–H and O–H groups in total. The summed E-state index contributed by atoms with van der Waals surface area (Å²) in [6.07, 6.45) is 6.62. The number of hydrogen-bond acceptors (Lipinski definition) is 6. The maximum absolute atomic E-state index is 13.4. The molecule has 0 aliphatic carbocycles. The summed E-state index contributed by atoms with van der Waals surface area (Å²) in [6.45, 7) is 4.41. The molecular weight excluding hydrogens is 364 g/mol. The lowest BCUT2D eigenvalue weighted by Gasteiger charge is -2.37. The summed E-state index contributed by atoms with van der Waals surface area (Å²) in [5, 5.41) is 12.6. The molecule has 1 aromatic carbocycles.